The van der Waals surface area contributed by atoms with Gasteiger partial charge in [0.25, 0.3) is 5.56 Å². The summed E-state index contributed by atoms with van der Waals surface area (Å²) >= 11 is 0. The number of H-pyrrole nitrogens is 1. The van der Waals surface area contributed by atoms with Gasteiger partial charge in [-0.15, -0.1) is 0 Å². The van der Waals surface area contributed by atoms with Gasteiger partial charge in [0.05, 0.1) is 18.1 Å². The topological polar surface area (TPSA) is 105 Å². The minimum atomic E-state index is -1.14. The monoisotopic (exact) mass is 259 g/mol. The van der Waals surface area contributed by atoms with Crippen LogP contribution < -0.4 is 5.56 Å². The highest BCUT2D eigenvalue weighted by molar-refractivity contribution is 5.94. The van der Waals surface area contributed by atoms with Gasteiger partial charge in [-0.1, -0.05) is 0 Å². The zero-order chi connectivity index (χ0) is 13.6. The van der Waals surface area contributed by atoms with Gasteiger partial charge in [0.1, 0.15) is 5.56 Å². The molecule has 3 aromatic rings. The van der Waals surface area contributed by atoms with E-state index in [-0.39, 0.29) is 11.2 Å². The van der Waals surface area contributed by atoms with E-state index >= 15 is 0 Å². The quantitative estimate of drug-likeness (QED) is 0.680. The molecule has 19 heavy (non-hydrogen) atoms. The summed E-state index contributed by atoms with van der Waals surface area (Å²) in [5.74, 6) is -1.14. The molecule has 0 aliphatic carbocycles. The van der Waals surface area contributed by atoms with Crippen LogP contribution in [0.5, 0.6) is 0 Å². The van der Waals surface area contributed by atoms with Crippen LogP contribution in [0, 0.1) is 0 Å². The third-order valence-electron chi connectivity index (χ3n) is 2.74. The van der Waals surface area contributed by atoms with Gasteiger partial charge < -0.3 is 10.1 Å². The van der Waals surface area contributed by atoms with Crippen molar-refractivity contribution in [3.05, 3.63) is 40.6 Å². The molecule has 0 aliphatic rings. The maximum atomic E-state index is 11.6. The molecule has 0 saturated heterocycles. The Labute approximate surface area is 105 Å². The highest BCUT2D eigenvalue weighted by Crippen LogP contribution is 2.18. The number of carbonyl (C=O) groups is 1. The first-order chi connectivity index (χ1) is 9.06. The van der Waals surface area contributed by atoms with Crippen LogP contribution in [0.1, 0.15) is 10.4 Å². The predicted molar refractivity (Wildman–Crippen MR) is 65.0 cm³/mol. The first-order valence-electron chi connectivity index (χ1n) is 5.39. The Morgan fingerprint density at radius 1 is 1.37 bits per heavy atom. The van der Waals surface area contributed by atoms with Crippen LogP contribution in [0.15, 0.2) is 29.5 Å². The molecular weight excluding hydrogens is 250 g/mol. The fraction of sp³-hybridized carbons (Fsp3) is 0.0909. The number of carboxylic acids is 1. The second kappa shape index (κ2) is 3.80. The molecule has 8 heteroatoms. The lowest BCUT2D eigenvalue weighted by Gasteiger charge is -2.01. The maximum Gasteiger partial charge on any atom is 0.341 e. The first kappa shape index (κ1) is 11.2. The molecule has 0 saturated carbocycles. The molecule has 0 unspecified atom stereocenters. The lowest BCUT2D eigenvalue weighted by atomic mass is 10.2. The van der Waals surface area contributed by atoms with E-state index in [2.05, 4.69) is 15.2 Å². The van der Waals surface area contributed by atoms with Gasteiger partial charge in [0.15, 0.2) is 5.65 Å². The Bertz CT molecular complexity index is 842. The molecule has 3 aromatic heterocycles. The van der Waals surface area contributed by atoms with Gasteiger partial charge in [-0.05, 0) is 0 Å². The van der Waals surface area contributed by atoms with Crippen LogP contribution in [-0.2, 0) is 7.05 Å². The van der Waals surface area contributed by atoms with E-state index in [0.717, 1.165) is 0 Å². The first-order valence-corrected chi connectivity index (χ1v) is 5.39. The number of aromatic carboxylic acids is 1. The molecule has 0 atom stereocenters. The van der Waals surface area contributed by atoms with E-state index in [0.29, 0.717) is 11.3 Å². The third-order valence-corrected chi connectivity index (χ3v) is 2.74. The number of aromatic nitrogens is 5. The highest BCUT2D eigenvalue weighted by atomic mass is 16.4. The van der Waals surface area contributed by atoms with Crippen molar-refractivity contribution in [2.75, 3.05) is 0 Å². The molecule has 0 spiro atoms. The summed E-state index contributed by atoms with van der Waals surface area (Å²) < 4.78 is 2.96. The predicted octanol–water partition coefficient (Wildman–Crippen LogP) is 0.121. The highest BCUT2D eigenvalue weighted by Gasteiger charge is 2.16. The molecule has 0 aromatic carbocycles. The smallest absolute Gasteiger partial charge is 0.341 e. The fourth-order valence-corrected chi connectivity index (χ4v) is 1.91. The fourth-order valence-electron chi connectivity index (χ4n) is 1.91. The lowest BCUT2D eigenvalue weighted by molar-refractivity contribution is 0.0699. The molecule has 0 amide bonds. The summed E-state index contributed by atoms with van der Waals surface area (Å²) in [5.41, 5.74) is 0.869. The van der Waals surface area contributed by atoms with Crippen molar-refractivity contribution < 1.29 is 9.90 Å². The summed E-state index contributed by atoms with van der Waals surface area (Å²) in [7, 11) is 1.75. The van der Waals surface area contributed by atoms with Crippen LogP contribution in [0.4, 0.5) is 0 Å². The van der Waals surface area contributed by atoms with E-state index in [4.69, 9.17) is 5.11 Å². The van der Waals surface area contributed by atoms with Crippen LogP contribution >= 0.6 is 0 Å². The van der Waals surface area contributed by atoms with Gasteiger partial charge >= 0.3 is 5.97 Å². The van der Waals surface area contributed by atoms with Crippen LogP contribution in [0.2, 0.25) is 0 Å². The van der Waals surface area contributed by atoms with Crippen molar-refractivity contribution in [3.8, 4) is 11.3 Å². The summed E-state index contributed by atoms with van der Waals surface area (Å²) in [4.78, 5) is 25.2. The van der Waals surface area contributed by atoms with E-state index in [1.54, 1.807) is 24.1 Å². The molecule has 3 heterocycles. The number of fused-ring (bicyclic) bond motifs is 1. The molecular formula is C11H9N5O3. The summed E-state index contributed by atoms with van der Waals surface area (Å²) in [6, 6.07) is 1.35. The van der Waals surface area contributed by atoms with Crippen LogP contribution in [-0.4, -0.2) is 35.5 Å². The number of aryl methyl sites for hydroxylation is 1. The van der Waals surface area contributed by atoms with Gasteiger partial charge in [-0.25, -0.2) is 9.31 Å². The largest absolute Gasteiger partial charge is 0.477 e. The zero-order valence-electron chi connectivity index (χ0n) is 9.86. The number of nitrogens with one attached hydrogen (secondary N) is 1. The summed E-state index contributed by atoms with van der Waals surface area (Å²) in [5, 5.41) is 17.1. The average molecular weight is 259 g/mol. The van der Waals surface area contributed by atoms with Gasteiger partial charge in [0.2, 0.25) is 0 Å². The van der Waals surface area contributed by atoms with Crippen molar-refractivity contribution in [2.24, 2.45) is 7.05 Å². The number of hydrogen-bond acceptors (Lipinski definition) is 4. The molecule has 8 nitrogen and oxygen atoms in total. The van der Waals surface area contributed by atoms with Gasteiger partial charge in [-0.3, -0.25) is 9.48 Å². The van der Waals surface area contributed by atoms with Crippen molar-refractivity contribution in [2.45, 2.75) is 0 Å². The molecule has 2 N–H and O–H groups in total. The Hall–Kier alpha value is -2.90. The van der Waals surface area contributed by atoms with E-state index in [1.807, 2.05) is 0 Å². The van der Waals surface area contributed by atoms with Gasteiger partial charge in [0, 0.05) is 24.9 Å². The molecule has 3 rings (SSSR count). The Morgan fingerprint density at radius 3 is 2.79 bits per heavy atom. The van der Waals surface area contributed by atoms with Crippen molar-refractivity contribution in [1.29, 1.82) is 0 Å². The second-order valence-corrected chi connectivity index (χ2v) is 4.05. The standard InChI is InChI=1S/C11H9N5O3/c1-15-5-6(3-12-15)8-2-9(17)14-10-7(11(18)19)4-13-16(8)10/h2-5H,1H3,(H,14,17)(H,18,19). The van der Waals surface area contributed by atoms with Crippen molar-refractivity contribution in [3.63, 3.8) is 0 Å². The number of carboxylic acid groups (broad SMARTS) is 1. The minimum Gasteiger partial charge on any atom is -0.477 e. The number of hydrogen-bond donors (Lipinski definition) is 2. The summed E-state index contributed by atoms with van der Waals surface area (Å²) in [6.07, 6.45) is 4.50. The third kappa shape index (κ3) is 1.69. The van der Waals surface area contributed by atoms with Gasteiger partial charge in [-0.2, -0.15) is 10.2 Å². The molecule has 0 aliphatic heterocycles. The van der Waals surface area contributed by atoms with Crippen molar-refractivity contribution in [1.82, 2.24) is 24.4 Å². The number of aromatic amines is 1. The molecule has 0 radical (unpaired) electrons. The van der Waals surface area contributed by atoms with E-state index in [1.165, 1.54) is 16.8 Å². The SMILES string of the molecule is Cn1cc(-c2cc(=O)[nH]c3c(C(=O)O)cnn23)cn1. The van der Waals surface area contributed by atoms with Crippen molar-refractivity contribution >= 4 is 11.6 Å². The van der Waals surface area contributed by atoms with E-state index < -0.39 is 11.5 Å². The summed E-state index contributed by atoms with van der Waals surface area (Å²) in [6.45, 7) is 0. The molecule has 0 fully saturated rings. The second-order valence-electron chi connectivity index (χ2n) is 4.05. The molecule has 96 valence electrons. The molecule has 0 bridgehead atoms. The Balaban J connectivity index is 2.37. The number of rotatable bonds is 2. The zero-order valence-corrected chi connectivity index (χ0v) is 9.86. The normalized spacial score (nSPS) is 11.0. The number of nitrogens with zero attached hydrogens (tertiary/aromatic N) is 4. The minimum absolute atomic E-state index is 0.0529. The Morgan fingerprint density at radius 2 is 2.16 bits per heavy atom. The Kier molecular flexibility index (Phi) is 2.24. The lowest BCUT2D eigenvalue weighted by Crippen LogP contribution is -2.11. The average Bonchev–Trinajstić information content (AvgIpc) is 2.93. The maximum absolute atomic E-state index is 11.6. The van der Waals surface area contributed by atoms with Crippen LogP contribution in [0.25, 0.3) is 16.9 Å². The van der Waals surface area contributed by atoms with Crippen LogP contribution in [0.3, 0.4) is 0 Å². The van der Waals surface area contributed by atoms with E-state index in [9.17, 15) is 9.59 Å².